The van der Waals surface area contributed by atoms with Crippen LogP contribution in [-0.4, -0.2) is 5.11 Å². The minimum absolute atomic E-state index is 0.275. The highest BCUT2D eigenvalue weighted by Crippen LogP contribution is 2.14. The Bertz CT molecular complexity index is 616. The number of thiocarbonyl (C=S) groups is 1. The van der Waals surface area contributed by atoms with E-state index in [2.05, 4.69) is 16.2 Å². The average Bonchev–Trinajstić information content (AvgIpc) is 2.42. The SMILES string of the molecule is Cc1ccc(NC(=S)NNc2ccc(Cl)cc2)cc1F. The second-order valence-corrected chi connectivity index (χ2v) is 5.02. The predicted molar refractivity (Wildman–Crippen MR) is 85.6 cm³/mol. The zero-order chi connectivity index (χ0) is 14.5. The number of anilines is 2. The Morgan fingerprint density at radius 1 is 1.10 bits per heavy atom. The fraction of sp³-hybridized carbons (Fsp3) is 0.0714. The summed E-state index contributed by atoms with van der Waals surface area (Å²) in [5, 5.41) is 3.88. The van der Waals surface area contributed by atoms with E-state index in [0.29, 0.717) is 21.4 Å². The zero-order valence-corrected chi connectivity index (χ0v) is 12.3. The van der Waals surface area contributed by atoms with Crippen LogP contribution in [0, 0.1) is 12.7 Å². The largest absolute Gasteiger partial charge is 0.331 e. The maximum absolute atomic E-state index is 13.4. The van der Waals surface area contributed by atoms with E-state index in [1.165, 1.54) is 6.07 Å². The van der Waals surface area contributed by atoms with Crippen LogP contribution in [0.3, 0.4) is 0 Å². The van der Waals surface area contributed by atoms with Gasteiger partial charge in [0, 0.05) is 10.7 Å². The van der Waals surface area contributed by atoms with E-state index in [0.717, 1.165) is 5.69 Å². The molecule has 2 aromatic rings. The summed E-state index contributed by atoms with van der Waals surface area (Å²) < 4.78 is 13.4. The molecule has 0 saturated heterocycles. The van der Waals surface area contributed by atoms with Crippen LogP contribution in [-0.2, 0) is 0 Å². The highest BCUT2D eigenvalue weighted by Gasteiger charge is 2.01. The van der Waals surface area contributed by atoms with Gasteiger partial charge in [0.1, 0.15) is 5.82 Å². The van der Waals surface area contributed by atoms with Crippen molar-refractivity contribution in [3.05, 3.63) is 58.9 Å². The van der Waals surface area contributed by atoms with Gasteiger partial charge in [-0.05, 0) is 61.1 Å². The normalized spacial score (nSPS) is 9.95. The number of hydrogen-bond acceptors (Lipinski definition) is 2. The molecule has 0 aliphatic carbocycles. The summed E-state index contributed by atoms with van der Waals surface area (Å²) >= 11 is 10.9. The molecule has 0 amide bonds. The van der Waals surface area contributed by atoms with Gasteiger partial charge < -0.3 is 5.32 Å². The van der Waals surface area contributed by atoms with Crippen molar-refractivity contribution in [2.45, 2.75) is 6.92 Å². The van der Waals surface area contributed by atoms with E-state index in [9.17, 15) is 4.39 Å². The molecule has 0 bridgehead atoms. The molecule has 0 aliphatic heterocycles. The third-order valence-electron chi connectivity index (χ3n) is 2.59. The Hall–Kier alpha value is -1.85. The van der Waals surface area contributed by atoms with Crippen molar-refractivity contribution < 1.29 is 4.39 Å². The molecule has 0 atom stereocenters. The minimum Gasteiger partial charge on any atom is -0.331 e. The van der Waals surface area contributed by atoms with Crippen molar-refractivity contribution in [1.82, 2.24) is 5.43 Å². The van der Waals surface area contributed by atoms with Gasteiger partial charge in [0.25, 0.3) is 0 Å². The topological polar surface area (TPSA) is 36.1 Å². The standard InChI is InChI=1S/C14H13ClFN3S/c1-9-2-5-12(8-13(9)16)17-14(20)19-18-11-6-3-10(15)4-7-11/h2-8,18H,1H3,(H2,17,19,20). The molecule has 0 heterocycles. The van der Waals surface area contributed by atoms with E-state index in [4.69, 9.17) is 23.8 Å². The molecule has 20 heavy (non-hydrogen) atoms. The Kier molecular flexibility index (Phi) is 4.76. The summed E-state index contributed by atoms with van der Waals surface area (Å²) in [7, 11) is 0. The first kappa shape index (κ1) is 14.6. The van der Waals surface area contributed by atoms with Gasteiger partial charge in [0.2, 0.25) is 0 Å². The summed E-state index contributed by atoms with van der Waals surface area (Å²) in [5.41, 5.74) is 7.71. The molecular weight excluding hydrogens is 297 g/mol. The number of nitrogens with one attached hydrogen (secondary N) is 3. The summed E-state index contributed by atoms with van der Waals surface area (Å²) in [6.45, 7) is 1.71. The number of hydrogen-bond donors (Lipinski definition) is 3. The lowest BCUT2D eigenvalue weighted by atomic mass is 10.2. The van der Waals surface area contributed by atoms with Crippen LogP contribution in [0.1, 0.15) is 5.56 Å². The molecule has 2 rings (SSSR count). The Balaban J connectivity index is 1.89. The van der Waals surface area contributed by atoms with E-state index < -0.39 is 0 Å². The molecule has 3 N–H and O–H groups in total. The number of benzene rings is 2. The van der Waals surface area contributed by atoms with Crippen LogP contribution in [0.5, 0.6) is 0 Å². The van der Waals surface area contributed by atoms with Crippen LogP contribution in [0.25, 0.3) is 0 Å². The second kappa shape index (κ2) is 6.54. The fourth-order valence-electron chi connectivity index (χ4n) is 1.50. The number of hydrazine groups is 1. The van der Waals surface area contributed by atoms with Crippen molar-refractivity contribution in [2.24, 2.45) is 0 Å². The van der Waals surface area contributed by atoms with Crippen LogP contribution in [0.15, 0.2) is 42.5 Å². The van der Waals surface area contributed by atoms with Crippen molar-refractivity contribution in [3.63, 3.8) is 0 Å². The third-order valence-corrected chi connectivity index (χ3v) is 3.05. The van der Waals surface area contributed by atoms with Gasteiger partial charge in [-0.3, -0.25) is 10.9 Å². The summed E-state index contributed by atoms with van der Waals surface area (Å²) in [6.07, 6.45) is 0. The third kappa shape index (κ3) is 4.08. The first-order chi connectivity index (χ1) is 9.54. The van der Waals surface area contributed by atoms with Crippen molar-refractivity contribution in [1.29, 1.82) is 0 Å². The van der Waals surface area contributed by atoms with E-state index in [1.807, 2.05) is 12.1 Å². The molecule has 3 nitrogen and oxygen atoms in total. The van der Waals surface area contributed by atoms with E-state index >= 15 is 0 Å². The van der Waals surface area contributed by atoms with Crippen molar-refractivity contribution in [3.8, 4) is 0 Å². The fourth-order valence-corrected chi connectivity index (χ4v) is 1.79. The van der Waals surface area contributed by atoms with Crippen molar-refractivity contribution >= 4 is 40.3 Å². The van der Waals surface area contributed by atoms with Gasteiger partial charge >= 0.3 is 0 Å². The lowest BCUT2D eigenvalue weighted by molar-refractivity contribution is 0.619. The van der Waals surface area contributed by atoms with Gasteiger partial charge in [-0.15, -0.1) is 0 Å². The van der Waals surface area contributed by atoms with Crippen molar-refractivity contribution in [2.75, 3.05) is 10.7 Å². The molecule has 2 aromatic carbocycles. The summed E-state index contributed by atoms with van der Waals surface area (Å²) in [5.74, 6) is -0.275. The first-order valence-electron chi connectivity index (χ1n) is 5.89. The van der Waals surface area contributed by atoms with Gasteiger partial charge in [0.05, 0.1) is 5.69 Å². The maximum Gasteiger partial charge on any atom is 0.189 e. The lowest BCUT2D eigenvalue weighted by Crippen LogP contribution is -2.33. The highest BCUT2D eigenvalue weighted by atomic mass is 35.5. The quantitative estimate of drug-likeness (QED) is 0.589. The van der Waals surface area contributed by atoms with E-state index in [1.54, 1.807) is 31.2 Å². The molecule has 0 saturated carbocycles. The molecule has 6 heteroatoms. The molecule has 0 unspecified atom stereocenters. The molecule has 0 aromatic heterocycles. The maximum atomic E-state index is 13.4. The molecule has 0 aliphatic rings. The van der Waals surface area contributed by atoms with Gasteiger partial charge in [-0.25, -0.2) is 4.39 Å². The molecular formula is C14H13ClFN3S. The van der Waals surface area contributed by atoms with Gasteiger partial charge in [-0.1, -0.05) is 17.7 Å². The zero-order valence-electron chi connectivity index (χ0n) is 10.7. The van der Waals surface area contributed by atoms with Gasteiger partial charge in [-0.2, -0.15) is 0 Å². The molecule has 0 spiro atoms. The summed E-state index contributed by atoms with van der Waals surface area (Å²) in [4.78, 5) is 0. The smallest absolute Gasteiger partial charge is 0.189 e. The monoisotopic (exact) mass is 309 g/mol. The number of halogens is 2. The van der Waals surface area contributed by atoms with Crippen LogP contribution in [0.2, 0.25) is 5.02 Å². The number of aryl methyl sites for hydroxylation is 1. The predicted octanol–water partition coefficient (Wildman–Crippen LogP) is 4.10. The number of rotatable bonds is 3. The Morgan fingerprint density at radius 2 is 1.75 bits per heavy atom. The minimum atomic E-state index is -0.275. The highest BCUT2D eigenvalue weighted by molar-refractivity contribution is 7.80. The molecule has 0 fully saturated rings. The van der Waals surface area contributed by atoms with Crippen LogP contribution >= 0.6 is 23.8 Å². The lowest BCUT2D eigenvalue weighted by Gasteiger charge is -2.13. The van der Waals surface area contributed by atoms with E-state index in [-0.39, 0.29) is 5.82 Å². The van der Waals surface area contributed by atoms with Gasteiger partial charge in [0.15, 0.2) is 5.11 Å². The Morgan fingerprint density at radius 3 is 2.40 bits per heavy atom. The van der Waals surface area contributed by atoms with Crippen LogP contribution in [0.4, 0.5) is 15.8 Å². The average molecular weight is 310 g/mol. The second-order valence-electron chi connectivity index (χ2n) is 4.17. The molecule has 104 valence electrons. The van der Waals surface area contributed by atoms with Crippen LogP contribution < -0.4 is 16.2 Å². The summed E-state index contributed by atoms with van der Waals surface area (Å²) in [6, 6.07) is 12.0. The molecule has 0 radical (unpaired) electrons. The first-order valence-corrected chi connectivity index (χ1v) is 6.68. The Labute approximate surface area is 127 Å².